The molecule has 0 aliphatic rings. The van der Waals surface area contributed by atoms with E-state index < -0.39 is 5.91 Å². The molecule has 0 spiro atoms. The highest BCUT2D eigenvalue weighted by Crippen LogP contribution is 2.23. The zero-order valence-corrected chi connectivity index (χ0v) is 13.6. The van der Waals surface area contributed by atoms with E-state index in [-0.39, 0.29) is 11.5 Å². The third kappa shape index (κ3) is 3.10. The Morgan fingerprint density at radius 3 is 2.43 bits per heavy atom. The van der Waals surface area contributed by atoms with Crippen molar-refractivity contribution < 1.29 is 9.59 Å². The van der Waals surface area contributed by atoms with Crippen LogP contribution in [0.5, 0.6) is 0 Å². The number of anilines is 1. The van der Waals surface area contributed by atoms with Crippen molar-refractivity contribution in [1.29, 1.82) is 0 Å². The largest absolute Gasteiger partial charge is 0.366 e. The second-order valence-corrected chi connectivity index (χ2v) is 5.95. The number of nitrogens with one attached hydrogen (secondary N) is 1. The number of amides is 2. The Balaban J connectivity index is 2.00. The molecule has 3 N–H and O–H groups in total. The maximum Gasteiger partial charge on any atom is 0.256 e. The van der Waals surface area contributed by atoms with E-state index in [1.165, 1.54) is 0 Å². The predicted octanol–water partition coefficient (Wildman–Crippen LogP) is 3.95. The smallest absolute Gasteiger partial charge is 0.256 e. The van der Waals surface area contributed by atoms with Gasteiger partial charge in [-0.25, -0.2) is 0 Å². The van der Waals surface area contributed by atoms with Crippen molar-refractivity contribution >= 4 is 44.2 Å². The lowest BCUT2D eigenvalue weighted by Crippen LogP contribution is -2.18. The average Bonchev–Trinajstić information content (AvgIpc) is 2.55. The molecular weight excluding hydrogens is 356 g/mol. The van der Waals surface area contributed by atoms with Gasteiger partial charge in [-0.3, -0.25) is 9.59 Å². The quantitative estimate of drug-likeness (QED) is 0.734. The van der Waals surface area contributed by atoms with Gasteiger partial charge in [0.15, 0.2) is 0 Å². The highest BCUT2D eigenvalue weighted by atomic mass is 79.9. The van der Waals surface area contributed by atoms with Gasteiger partial charge in [-0.05, 0) is 35.0 Å². The van der Waals surface area contributed by atoms with E-state index in [9.17, 15) is 9.59 Å². The minimum atomic E-state index is -0.598. The fourth-order valence-electron chi connectivity index (χ4n) is 2.44. The number of fused-ring (bicyclic) bond motifs is 1. The predicted molar refractivity (Wildman–Crippen MR) is 94.6 cm³/mol. The van der Waals surface area contributed by atoms with Crippen LogP contribution in [-0.4, -0.2) is 11.8 Å². The second-order valence-electron chi connectivity index (χ2n) is 5.03. The fourth-order valence-corrected chi connectivity index (χ4v) is 2.80. The minimum absolute atomic E-state index is 0.257. The molecule has 23 heavy (non-hydrogen) atoms. The van der Waals surface area contributed by atoms with Gasteiger partial charge in [0, 0.05) is 10.0 Å². The molecule has 4 nitrogen and oxygen atoms in total. The van der Waals surface area contributed by atoms with Crippen molar-refractivity contribution in [1.82, 2.24) is 0 Å². The van der Waals surface area contributed by atoms with Crippen LogP contribution in [0.1, 0.15) is 20.7 Å². The molecule has 0 fully saturated rings. The number of hydrogen-bond acceptors (Lipinski definition) is 2. The van der Waals surface area contributed by atoms with Crippen LogP contribution in [0.15, 0.2) is 65.1 Å². The number of nitrogens with two attached hydrogens (primary N) is 1. The van der Waals surface area contributed by atoms with Crippen molar-refractivity contribution in [2.75, 3.05) is 5.32 Å². The summed E-state index contributed by atoms with van der Waals surface area (Å²) >= 11 is 3.29. The maximum absolute atomic E-state index is 12.6. The second kappa shape index (κ2) is 6.22. The van der Waals surface area contributed by atoms with E-state index in [4.69, 9.17) is 5.73 Å². The van der Waals surface area contributed by atoms with Crippen molar-refractivity contribution in [3.8, 4) is 0 Å². The first-order valence-corrected chi connectivity index (χ1v) is 7.74. The van der Waals surface area contributed by atoms with Crippen molar-refractivity contribution in [2.45, 2.75) is 0 Å². The number of benzene rings is 3. The number of halogens is 1. The van der Waals surface area contributed by atoms with Crippen molar-refractivity contribution in [3.05, 3.63) is 76.3 Å². The molecule has 3 aromatic rings. The Morgan fingerprint density at radius 2 is 1.65 bits per heavy atom. The number of carbonyl (C=O) groups is 2. The van der Waals surface area contributed by atoms with Crippen LogP contribution in [0.2, 0.25) is 0 Å². The summed E-state index contributed by atoms with van der Waals surface area (Å²) in [6, 6.07) is 18.1. The third-order valence-electron chi connectivity index (χ3n) is 3.53. The first kappa shape index (κ1) is 15.2. The SMILES string of the molecule is NC(=O)c1cc(Br)ccc1NC(=O)c1cccc2ccccc12. The molecule has 0 atom stereocenters. The molecule has 2 amide bonds. The zero-order chi connectivity index (χ0) is 16.4. The standard InChI is InChI=1S/C18H13BrN2O2/c19-12-8-9-16(15(10-12)17(20)22)21-18(23)14-7-3-5-11-4-1-2-6-13(11)14/h1-10H,(H2,20,22)(H,21,23). The molecule has 0 saturated heterocycles. The van der Waals surface area contributed by atoms with Crippen LogP contribution in [0, 0.1) is 0 Å². The van der Waals surface area contributed by atoms with E-state index in [0.29, 0.717) is 11.3 Å². The van der Waals surface area contributed by atoms with E-state index in [0.717, 1.165) is 15.2 Å². The van der Waals surface area contributed by atoms with Gasteiger partial charge < -0.3 is 11.1 Å². The van der Waals surface area contributed by atoms with Gasteiger partial charge in [0.1, 0.15) is 0 Å². The summed E-state index contributed by atoms with van der Waals surface area (Å²) in [5.74, 6) is -0.883. The Kier molecular flexibility index (Phi) is 4.12. The molecule has 0 heterocycles. The molecular formula is C18H13BrN2O2. The molecule has 0 unspecified atom stereocenters. The van der Waals surface area contributed by atoms with Crippen LogP contribution in [0.3, 0.4) is 0 Å². The number of hydrogen-bond donors (Lipinski definition) is 2. The van der Waals surface area contributed by atoms with Gasteiger partial charge in [-0.1, -0.05) is 52.3 Å². The Labute approximate surface area is 141 Å². The first-order valence-electron chi connectivity index (χ1n) is 6.95. The highest BCUT2D eigenvalue weighted by molar-refractivity contribution is 9.10. The molecule has 114 valence electrons. The summed E-state index contributed by atoms with van der Waals surface area (Å²) in [5.41, 5.74) is 6.57. The summed E-state index contributed by atoms with van der Waals surface area (Å²) in [4.78, 5) is 24.2. The van der Waals surface area contributed by atoms with Crippen LogP contribution < -0.4 is 11.1 Å². The molecule has 3 aromatic carbocycles. The number of primary amides is 1. The van der Waals surface area contributed by atoms with Crippen molar-refractivity contribution in [3.63, 3.8) is 0 Å². The van der Waals surface area contributed by atoms with Gasteiger partial charge in [0.05, 0.1) is 11.3 Å². The van der Waals surface area contributed by atoms with Gasteiger partial charge >= 0.3 is 0 Å². The number of rotatable bonds is 3. The summed E-state index contributed by atoms with van der Waals surface area (Å²) in [6.45, 7) is 0. The van der Waals surface area contributed by atoms with Gasteiger partial charge in [0.25, 0.3) is 11.8 Å². The molecule has 0 radical (unpaired) electrons. The molecule has 0 saturated carbocycles. The summed E-state index contributed by atoms with van der Waals surface area (Å²) in [7, 11) is 0. The van der Waals surface area contributed by atoms with E-state index in [1.807, 2.05) is 36.4 Å². The lowest BCUT2D eigenvalue weighted by atomic mass is 10.0. The highest BCUT2D eigenvalue weighted by Gasteiger charge is 2.14. The van der Waals surface area contributed by atoms with E-state index in [1.54, 1.807) is 24.3 Å². The van der Waals surface area contributed by atoms with E-state index >= 15 is 0 Å². The summed E-state index contributed by atoms with van der Waals surface area (Å²) < 4.78 is 0.717. The topological polar surface area (TPSA) is 72.2 Å². The molecule has 0 bridgehead atoms. The zero-order valence-electron chi connectivity index (χ0n) is 12.0. The normalized spacial score (nSPS) is 10.5. The van der Waals surface area contributed by atoms with Crippen molar-refractivity contribution in [2.24, 2.45) is 5.73 Å². The minimum Gasteiger partial charge on any atom is -0.366 e. The summed E-state index contributed by atoms with van der Waals surface area (Å²) in [5, 5.41) is 4.60. The lowest BCUT2D eigenvalue weighted by Gasteiger charge is -2.11. The van der Waals surface area contributed by atoms with Gasteiger partial charge in [0.2, 0.25) is 0 Å². The average molecular weight is 369 g/mol. The van der Waals surface area contributed by atoms with E-state index in [2.05, 4.69) is 21.2 Å². The Bertz CT molecular complexity index is 917. The van der Waals surface area contributed by atoms with Gasteiger partial charge in [-0.2, -0.15) is 0 Å². The monoisotopic (exact) mass is 368 g/mol. The van der Waals surface area contributed by atoms with Gasteiger partial charge in [-0.15, -0.1) is 0 Å². The molecule has 5 heteroatoms. The third-order valence-corrected chi connectivity index (χ3v) is 4.02. The lowest BCUT2D eigenvalue weighted by molar-refractivity contribution is 0.100. The van der Waals surface area contributed by atoms with Crippen LogP contribution >= 0.6 is 15.9 Å². The maximum atomic E-state index is 12.6. The molecule has 0 aromatic heterocycles. The summed E-state index contributed by atoms with van der Waals surface area (Å²) in [6.07, 6.45) is 0. The first-order chi connectivity index (χ1) is 11.1. The number of carbonyl (C=O) groups excluding carboxylic acids is 2. The fraction of sp³-hybridized carbons (Fsp3) is 0. The van der Waals surface area contributed by atoms with Crippen LogP contribution in [0.25, 0.3) is 10.8 Å². The molecule has 3 rings (SSSR count). The van der Waals surface area contributed by atoms with Crippen LogP contribution in [0.4, 0.5) is 5.69 Å². The molecule has 0 aliphatic heterocycles. The molecule has 0 aliphatic carbocycles. The Morgan fingerprint density at radius 1 is 0.913 bits per heavy atom. The Hall–Kier alpha value is -2.66. The van der Waals surface area contributed by atoms with Crippen LogP contribution in [-0.2, 0) is 0 Å².